The molecule has 2 aromatic rings. The fourth-order valence-electron chi connectivity index (χ4n) is 2.74. The zero-order valence-corrected chi connectivity index (χ0v) is 11.5. The number of thiazole rings is 1. The number of fused-ring (bicyclic) bond motifs is 1. The number of carbonyl (C=O) groups excluding carboxylic acids is 1. The molecule has 0 radical (unpaired) electrons. The highest BCUT2D eigenvalue weighted by atomic mass is 32.1. The first-order valence-electron chi connectivity index (χ1n) is 6.83. The van der Waals surface area contributed by atoms with E-state index in [1.807, 2.05) is 6.07 Å². The number of carbonyl (C=O) groups is 1. The fraction of sp³-hybridized carbons (Fsp3) is 0.308. The van der Waals surface area contributed by atoms with Crippen molar-refractivity contribution in [3.8, 4) is 0 Å². The van der Waals surface area contributed by atoms with Gasteiger partial charge in [0.2, 0.25) is 0 Å². The predicted molar refractivity (Wildman–Crippen MR) is 77.4 cm³/mol. The van der Waals surface area contributed by atoms with Gasteiger partial charge >= 0.3 is 0 Å². The van der Waals surface area contributed by atoms with E-state index in [0.717, 1.165) is 16.4 Å². The summed E-state index contributed by atoms with van der Waals surface area (Å²) in [5.41, 5.74) is -0.000136. The van der Waals surface area contributed by atoms with Gasteiger partial charge in [-0.05, 0) is 18.6 Å². The van der Waals surface area contributed by atoms with E-state index in [0.29, 0.717) is 24.4 Å². The Morgan fingerprint density at radius 2 is 2.50 bits per heavy atom. The highest BCUT2D eigenvalue weighted by Gasteiger charge is 2.49. The molecule has 20 heavy (non-hydrogen) atoms. The molecular weight excluding hydrogens is 274 g/mol. The zero-order chi connectivity index (χ0) is 14.6. The molecule has 1 atom stereocenters. The molecule has 2 N–H and O–H groups in total. The molecule has 0 saturated carbocycles. The number of nitrogens with one attached hydrogen (secondary N) is 2. The zero-order valence-electron chi connectivity index (χ0n) is 11.6. The van der Waals surface area contributed by atoms with Crippen LogP contribution in [-0.2, 0) is 4.79 Å². The standard InChI is InChI=1S/C13H13N5OS/c1-8-15-11(19)13(17-8)4-6-18(7-13)12-16-10-9(20-12)3-2-5-14-10/h2-3,5,17H,1,4,6-7H2,(H,15,19)/i5T. The Labute approximate surface area is 120 Å². The van der Waals surface area contributed by atoms with Crippen LogP contribution in [-0.4, -0.2) is 34.5 Å². The number of aromatic nitrogens is 2. The minimum atomic E-state index is -0.594. The van der Waals surface area contributed by atoms with Crippen molar-refractivity contribution < 1.29 is 6.17 Å². The molecule has 1 unspecified atom stereocenters. The summed E-state index contributed by atoms with van der Waals surface area (Å²) in [6.07, 6.45) is 0.927. The molecule has 0 aliphatic carbocycles. The Balaban J connectivity index is 1.65. The molecule has 4 rings (SSSR count). The quantitative estimate of drug-likeness (QED) is 0.814. The molecule has 2 aliphatic heterocycles. The van der Waals surface area contributed by atoms with Crippen LogP contribution in [0.4, 0.5) is 5.13 Å². The predicted octanol–water partition coefficient (Wildman–Crippen LogP) is 0.831. The molecule has 102 valence electrons. The van der Waals surface area contributed by atoms with Crippen molar-refractivity contribution in [3.63, 3.8) is 0 Å². The van der Waals surface area contributed by atoms with Crippen LogP contribution in [0.25, 0.3) is 10.3 Å². The van der Waals surface area contributed by atoms with Crippen molar-refractivity contribution in [2.45, 2.75) is 12.0 Å². The van der Waals surface area contributed by atoms with Gasteiger partial charge in [0.25, 0.3) is 5.91 Å². The highest BCUT2D eigenvalue weighted by Crippen LogP contribution is 2.34. The van der Waals surface area contributed by atoms with Crippen molar-refractivity contribution in [2.24, 2.45) is 0 Å². The molecule has 0 bridgehead atoms. The van der Waals surface area contributed by atoms with Crippen molar-refractivity contribution >= 4 is 32.7 Å². The number of hydrogen-bond acceptors (Lipinski definition) is 6. The summed E-state index contributed by atoms with van der Waals surface area (Å²) in [6.45, 7) is 5.07. The number of rotatable bonds is 1. The first kappa shape index (κ1) is 10.6. The number of hydrogen-bond donors (Lipinski definition) is 2. The van der Waals surface area contributed by atoms with Crippen LogP contribution in [0.2, 0.25) is 0 Å². The third kappa shape index (κ3) is 1.59. The maximum atomic E-state index is 12.1. The summed E-state index contributed by atoms with van der Waals surface area (Å²) in [5.74, 6) is 0.536. The summed E-state index contributed by atoms with van der Waals surface area (Å²) in [5, 5.41) is 6.73. The first-order valence-corrected chi connectivity index (χ1v) is 7.15. The Morgan fingerprint density at radius 1 is 1.60 bits per heavy atom. The molecule has 2 aromatic heterocycles. The smallest absolute Gasteiger partial charge is 0.253 e. The Bertz CT molecular complexity index is 775. The molecule has 7 heteroatoms. The second-order valence-electron chi connectivity index (χ2n) is 5.07. The van der Waals surface area contributed by atoms with Gasteiger partial charge < -0.3 is 15.5 Å². The first-order chi connectivity index (χ1) is 10.1. The van der Waals surface area contributed by atoms with Gasteiger partial charge in [-0.15, -0.1) is 0 Å². The average Bonchev–Trinajstić information content (AvgIpc) is 3.08. The van der Waals surface area contributed by atoms with Crippen molar-refractivity contribution in [1.29, 1.82) is 0 Å². The fourth-order valence-corrected chi connectivity index (χ4v) is 3.67. The molecule has 2 aliphatic rings. The topological polar surface area (TPSA) is 70.2 Å². The Kier molecular flexibility index (Phi) is 2.08. The van der Waals surface area contributed by atoms with E-state index in [-0.39, 0.29) is 12.1 Å². The van der Waals surface area contributed by atoms with E-state index < -0.39 is 5.54 Å². The van der Waals surface area contributed by atoms with E-state index >= 15 is 0 Å². The summed E-state index contributed by atoms with van der Waals surface area (Å²) in [7, 11) is 0. The molecular formula is C13H13N5OS. The van der Waals surface area contributed by atoms with Crippen molar-refractivity contribution in [3.05, 3.63) is 30.7 Å². The van der Waals surface area contributed by atoms with Gasteiger partial charge in [-0.2, -0.15) is 4.98 Å². The number of nitrogens with zero attached hydrogens (tertiary/aromatic N) is 3. The number of amides is 1. The van der Waals surface area contributed by atoms with Gasteiger partial charge in [0.1, 0.15) is 5.54 Å². The van der Waals surface area contributed by atoms with Gasteiger partial charge in [0.15, 0.2) is 10.8 Å². The van der Waals surface area contributed by atoms with Gasteiger partial charge in [0.05, 0.1) is 18.4 Å². The maximum Gasteiger partial charge on any atom is 0.253 e. The molecule has 2 fully saturated rings. The maximum absolute atomic E-state index is 12.1. The lowest BCUT2D eigenvalue weighted by Crippen LogP contribution is -2.48. The van der Waals surface area contributed by atoms with Crippen LogP contribution >= 0.6 is 11.3 Å². The lowest BCUT2D eigenvalue weighted by molar-refractivity contribution is -0.123. The second-order valence-corrected chi connectivity index (χ2v) is 6.08. The van der Waals surface area contributed by atoms with E-state index in [1.165, 1.54) is 11.3 Å². The van der Waals surface area contributed by atoms with Gasteiger partial charge in [-0.25, -0.2) is 4.98 Å². The van der Waals surface area contributed by atoms with E-state index in [4.69, 9.17) is 1.37 Å². The normalized spacial score (nSPS) is 26.2. The largest absolute Gasteiger partial charge is 0.356 e. The van der Waals surface area contributed by atoms with E-state index in [1.54, 1.807) is 6.07 Å². The van der Waals surface area contributed by atoms with E-state index in [2.05, 4.69) is 32.1 Å². The van der Waals surface area contributed by atoms with Gasteiger partial charge in [0, 0.05) is 12.7 Å². The summed E-state index contributed by atoms with van der Waals surface area (Å²) in [4.78, 5) is 22.8. The van der Waals surface area contributed by atoms with Crippen molar-refractivity contribution in [2.75, 3.05) is 18.0 Å². The highest BCUT2D eigenvalue weighted by molar-refractivity contribution is 7.22. The van der Waals surface area contributed by atoms with Gasteiger partial charge in [-0.3, -0.25) is 4.79 Å². The summed E-state index contributed by atoms with van der Waals surface area (Å²) < 4.78 is 8.50. The van der Waals surface area contributed by atoms with Gasteiger partial charge in [-0.1, -0.05) is 17.9 Å². The van der Waals surface area contributed by atoms with Crippen LogP contribution in [0, 0.1) is 0 Å². The van der Waals surface area contributed by atoms with E-state index in [9.17, 15) is 4.79 Å². The molecule has 6 nitrogen and oxygen atoms in total. The molecule has 1 amide bonds. The Morgan fingerprint density at radius 3 is 3.30 bits per heavy atom. The number of anilines is 1. The van der Waals surface area contributed by atoms with Crippen LogP contribution in [0.15, 0.2) is 30.7 Å². The molecule has 1 spiro atoms. The minimum absolute atomic E-state index is 0.0253. The van der Waals surface area contributed by atoms with Crippen molar-refractivity contribution in [1.82, 2.24) is 20.6 Å². The third-order valence-electron chi connectivity index (χ3n) is 3.73. The van der Waals surface area contributed by atoms with Crippen LogP contribution in [0.5, 0.6) is 0 Å². The lowest BCUT2D eigenvalue weighted by Gasteiger charge is -2.21. The van der Waals surface area contributed by atoms with Crippen LogP contribution in [0.3, 0.4) is 0 Å². The monoisotopic (exact) mass is 289 g/mol. The van der Waals surface area contributed by atoms with Crippen LogP contribution < -0.4 is 15.5 Å². The Hall–Kier alpha value is -2.15. The minimum Gasteiger partial charge on any atom is -0.356 e. The average molecular weight is 289 g/mol. The van der Waals surface area contributed by atoms with Crippen LogP contribution in [0.1, 0.15) is 7.79 Å². The number of pyridine rings is 1. The SMILES string of the molecule is [3H]c1ccc2sc(N3CCC4(C3)NC(=C)NC4=O)nc2n1. The lowest BCUT2D eigenvalue weighted by atomic mass is 10.00. The molecule has 2 saturated heterocycles. The molecule has 4 heterocycles. The second kappa shape index (κ2) is 3.92. The molecule has 0 aromatic carbocycles. The summed E-state index contributed by atoms with van der Waals surface area (Å²) in [6, 6.07) is 3.52. The summed E-state index contributed by atoms with van der Waals surface area (Å²) >= 11 is 1.53. The third-order valence-corrected chi connectivity index (χ3v) is 4.80.